The second kappa shape index (κ2) is 6.26. The molecule has 3 aromatic carbocycles. The highest BCUT2D eigenvalue weighted by Crippen LogP contribution is 2.29. The van der Waals surface area contributed by atoms with E-state index in [1.807, 2.05) is 48.5 Å². The number of nitrogens with zero attached hydrogens (tertiary/aromatic N) is 2. The summed E-state index contributed by atoms with van der Waals surface area (Å²) >= 11 is 0. The van der Waals surface area contributed by atoms with Crippen molar-refractivity contribution in [2.24, 2.45) is 0 Å². The standard InChI is InChI=1S/C20H16N2O2/c23-13-12-14-8-10-16(11-9-14)19-21-22-20(24-19)18-7-3-5-15-4-1-2-6-17(15)18/h1-11,23H,12-13H2. The summed E-state index contributed by atoms with van der Waals surface area (Å²) in [6.07, 6.45) is 0.644. The molecule has 0 radical (unpaired) electrons. The number of fused-ring (bicyclic) bond motifs is 1. The summed E-state index contributed by atoms with van der Waals surface area (Å²) in [7, 11) is 0. The molecule has 4 nitrogen and oxygen atoms in total. The van der Waals surface area contributed by atoms with Crippen LogP contribution >= 0.6 is 0 Å². The Morgan fingerprint density at radius 2 is 1.54 bits per heavy atom. The average Bonchev–Trinajstić information content (AvgIpc) is 3.12. The lowest BCUT2D eigenvalue weighted by Gasteiger charge is -2.02. The number of hydrogen-bond acceptors (Lipinski definition) is 4. The van der Waals surface area contributed by atoms with Gasteiger partial charge in [0.05, 0.1) is 0 Å². The third kappa shape index (κ3) is 2.68. The van der Waals surface area contributed by atoms with Crippen LogP contribution < -0.4 is 0 Å². The highest BCUT2D eigenvalue weighted by Gasteiger charge is 2.12. The summed E-state index contributed by atoms with van der Waals surface area (Å²) in [5, 5.41) is 19.6. The molecule has 0 spiro atoms. The molecule has 1 N–H and O–H groups in total. The predicted octanol–water partition coefficient (Wildman–Crippen LogP) is 4.09. The topological polar surface area (TPSA) is 59.2 Å². The zero-order chi connectivity index (χ0) is 16.4. The van der Waals surface area contributed by atoms with Gasteiger partial charge in [-0.1, -0.05) is 48.5 Å². The number of hydrogen-bond donors (Lipinski definition) is 1. The van der Waals surface area contributed by atoms with Crippen molar-refractivity contribution in [2.45, 2.75) is 6.42 Å². The Morgan fingerprint density at radius 1 is 0.792 bits per heavy atom. The molecule has 0 amide bonds. The van der Waals surface area contributed by atoms with Crippen LogP contribution in [0.4, 0.5) is 0 Å². The molecular weight excluding hydrogens is 300 g/mol. The van der Waals surface area contributed by atoms with Crippen LogP contribution in [0.5, 0.6) is 0 Å². The van der Waals surface area contributed by atoms with E-state index in [9.17, 15) is 0 Å². The van der Waals surface area contributed by atoms with E-state index in [-0.39, 0.29) is 6.61 Å². The van der Waals surface area contributed by atoms with Gasteiger partial charge < -0.3 is 9.52 Å². The minimum atomic E-state index is 0.144. The van der Waals surface area contributed by atoms with Gasteiger partial charge in [-0.15, -0.1) is 10.2 Å². The summed E-state index contributed by atoms with van der Waals surface area (Å²) in [4.78, 5) is 0. The van der Waals surface area contributed by atoms with E-state index in [0.717, 1.165) is 27.5 Å². The first-order chi connectivity index (χ1) is 11.8. The normalized spacial score (nSPS) is 11.0. The van der Waals surface area contributed by atoms with Crippen LogP contribution in [-0.4, -0.2) is 21.9 Å². The van der Waals surface area contributed by atoms with Crippen molar-refractivity contribution in [2.75, 3.05) is 6.61 Å². The summed E-state index contributed by atoms with van der Waals surface area (Å²) in [5.41, 5.74) is 2.88. The predicted molar refractivity (Wildman–Crippen MR) is 93.5 cm³/mol. The van der Waals surface area contributed by atoms with Crippen LogP contribution in [0.25, 0.3) is 33.7 Å². The Bertz CT molecular complexity index is 969. The lowest BCUT2D eigenvalue weighted by Crippen LogP contribution is -1.89. The molecule has 0 saturated heterocycles. The van der Waals surface area contributed by atoms with Gasteiger partial charge in [0.2, 0.25) is 11.8 Å². The summed E-state index contributed by atoms with van der Waals surface area (Å²) in [5.74, 6) is 1.01. The van der Waals surface area contributed by atoms with Crippen molar-refractivity contribution in [1.82, 2.24) is 10.2 Å². The van der Waals surface area contributed by atoms with E-state index in [2.05, 4.69) is 28.4 Å². The number of benzene rings is 3. The molecule has 0 aliphatic rings. The van der Waals surface area contributed by atoms with Gasteiger partial charge in [0.25, 0.3) is 0 Å². The zero-order valence-electron chi connectivity index (χ0n) is 13.0. The average molecular weight is 316 g/mol. The van der Waals surface area contributed by atoms with Gasteiger partial charge in [0.15, 0.2) is 0 Å². The fraction of sp³-hybridized carbons (Fsp3) is 0.100. The van der Waals surface area contributed by atoms with E-state index < -0.39 is 0 Å². The Morgan fingerprint density at radius 3 is 2.38 bits per heavy atom. The van der Waals surface area contributed by atoms with Crippen LogP contribution in [0.1, 0.15) is 5.56 Å². The van der Waals surface area contributed by atoms with Crippen LogP contribution in [-0.2, 0) is 6.42 Å². The molecule has 118 valence electrons. The van der Waals surface area contributed by atoms with Crippen molar-refractivity contribution in [1.29, 1.82) is 0 Å². The first-order valence-corrected chi connectivity index (χ1v) is 7.87. The molecule has 1 aromatic heterocycles. The Hall–Kier alpha value is -2.98. The molecule has 4 rings (SSSR count). The number of aliphatic hydroxyl groups excluding tert-OH is 1. The highest BCUT2D eigenvalue weighted by atomic mass is 16.4. The van der Waals surface area contributed by atoms with Crippen LogP contribution in [0.15, 0.2) is 71.1 Å². The molecular formula is C20H16N2O2. The van der Waals surface area contributed by atoms with E-state index in [0.29, 0.717) is 18.2 Å². The maximum Gasteiger partial charge on any atom is 0.248 e. The highest BCUT2D eigenvalue weighted by molar-refractivity contribution is 5.94. The third-order valence-electron chi connectivity index (χ3n) is 4.05. The minimum absolute atomic E-state index is 0.144. The largest absolute Gasteiger partial charge is 0.416 e. The fourth-order valence-electron chi connectivity index (χ4n) is 2.80. The van der Waals surface area contributed by atoms with Gasteiger partial charge in [0, 0.05) is 17.7 Å². The third-order valence-corrected chi connectivity index (χ3v) is 4.05. The zero-order valence-corrected chi connectivity index (χ0v) is 13.0. The first kappa shape index (κ1) is 14.6. The van der Waals surface area contributed by atoms with E-state index in [1.165, 1.54) is 0 Å². The second-order valence-corrected chi connectivity index (χ2v) is 5.61. The van der Waals surface area contributed by atoms with E-state index in [1.54, 1.807) is 0 Å². The monoisotopic (exact) mass is 316 g/mol. The summed E-state index contributed by atoms with van der Waals surface area (Å²) in [6, 6.07) is 22.0. The van der Waals surface area contributed by atoms with E-state index in [4.69, 9.17) is 9.52 Å². The van der Waals surface area contributed by atoms with Gasteiger partial charge in [-0.25, -0.2) is 0 Å². The molecule has 1 heterocycles. The lowest BCUT2D eigenvalue weighted by molar-refractivity contribution is 0.299. The number of aromatic nitrogens is 2. The van der Waals surface area contributed by atoms with Crippen molar-refractivity contribution < 1.29 is 9.52 Å². The van der Waals surface area contributed by atoms with Gasteiger partial charge in [-0.3, -0.25) is 0 Å². The molecule has 0 aliphatic heterocycles. The molecule has 0 atom stereocenters. The molecule has 4 heteroatoms. The van der Waals surface area contributed by atoms with Crippen molar-refractivity contribution in [3.05, 3.63) is 72.3 Å². The van der Waals surface area contributed by atoms with Crippen molar-refractivity contribution in [3.8, 4) is 22.9 Å². The van der Waals surface area contributed by atoms with Crippen LogP contribution in [0.3, 0.4) is 0 Å². The Kier molecular flexibility index (Phi) is 3.81. The van der Waals surface area contributed by atoms with Crippen LogP contribution in [0.2, 0.25) is 0 Å². The van der Waals surface area contributed by atoms with Gasteiger partial charge >= 0.3 is 0 Å². The molecule has 0 unspecified atom stereocenters. The molecule has 0 aliphatic carbocycles. The van der Waals surface area contributed by atoms with Crippen molar-refractivity contribution >= 4 is 10.8 Å². The maximum absolute atomic E-state index is 8.98. The van der Waals surface area contributed by atoms with E-state index >= 15 is 0 Å². The fourth-order valence-corrected chi connectivity index (χ4v) is 2.80. The number of rotatable bonds is 4. The lowest BCUT2D eigenvalue weighted by atomic mass is 10.0. The van der Waals surface area contributed by atoms with Gasteiger partial charge in [-0.2, -0.15) is 0 Å². The number of aliphatic hydroxyl groups is 1. The second-order valence-electron chi connectivity index (χ2n) is 5.61. The molecule has 24 heavy (non-hydrogen) atoms. The van der Waals surface area contributed by atoms with Crippen molar-refractivity contribution in [3.63, 3.8) is 0 Å². The molecule has 0 bridgehead atoms. The quantitative estimate of drug-likeness (QED) is 0.616. The van der Waals surface area contributed by atoms with Gasteiger partial charge in [0.1, 0.15) is 0 Å². The maximum atomic E-state index is 8.98. The molecule has 0 saturated carbocycles. The van der Waals surface area contributed by atoms with Gasteiger partial charge in [-0.05, 0) is 41.0 Å². The molecule has 0 fully saturated rings. The summed E-state index contributed by atoms with van der Waals surface area (Å²) < 4.78 is 5.89. The Balaban J connectivity index is 1.71. The smallest absolute Gasteiger partial charge is 0.248 e. The summed E-state index contributed by atoms with van der Waals surface area (Å²) in [6.45, 7) is 0.144. The first-order valence-electron chi connectivity index (χ1n) is 7.87. The minimum Gasteiger partial charge on any atom is -0.416 e. The Labute approximate surface area is 139 Å². The van der Waals surface area contributed by atoms with Crippen LogP contribution in [0, 0.1) is 0 Å². The molecule has 4 aromatic rings. The SMILES string of the molecule is OCCc1ccc(-c2nnc(-c3cccc4ccccc34)o2)cc1.